The van der Waals surface area contributed by atoms with Crippen LogP contribution in [0.2, 0.25) is 0 Å². The number of hydrogen-bond donors (Lipinski definition) is 0. The van der Waals surface area contributed by atoms with E-state index >= 15 is 0 Å². The molecule has 2 aliphatic rings. The van der Waals surface area contributed by atoms with Gasteiger partial charge in [-0.3, -0.25) is 0 Å². The molecule has 2 fully saturated rings. The summed E-state index contributed by atoms with van der Waals surface area (Å²) in [5.41, 5.74) is 2.19. The quantitative estimate of drug-likeness (QED) is 0.776. The van der Waals surface area contributed by atoms with Crippen LogP contribution in [0.25, 0.3) is 0 Å². The van der Waals surface area contributed by atoms with E-state index < -0.39 is 12.1 Å². The standard InChI is InChI=1S/C22H26O5/c1-22(2)26-18-15-25-21(24-14-17-11-7-4-8-12-17)20(19(18)27-22)23-13-16-9-5-3-6-10-16/h3-12,18-21H,13-15H2,1-2H3. The van der Waals surface area contributed by atoms with Crippen LogP contribution in [0.15, 0.2) is 60.7 Å². The minimum atomic E-state index is -0.651. The summed E-state index contributed by atoms with van der Waals surface area (Å²) in [6.45, 7) is 5.18. The van der Waals surface area contributed by atoms with Gasteiger partial charge in [0.25, 0.3) is 0 Å². The molecule has 5 nitrogen and oxygen atoms in total. The zero-order chi connectivity index (χ0) is 18.7. The van der Waals surface area contributed by atoms with Crippen molar-refractivity contribution in [1.29, 1.82) is 0 Å². The van der Waals surface area contributed by atoms with Crippen LogP contribution in [0.1, 0.15) is 25.0 Å². The minimum Gasteiger partial charge on any atom is -0.365 e. The molecule has 0 spiro atoms. The third-order valence-corrected chi connectivity index (χ3v) is 4.78. The van der Waals surface area contributed by atoms with Gasteiger partial charge in [0, 0.05) is 0 Å². The van der Waals surface area contributed by atoms with E-state index in [0.717, 1.165) is 11.1 Å². The van der Waals surface area contributed by atoms with Gasteiger partial charge in [-0.05, 0) is 25.0 Å². The average Bonchev–Trinajstić information content (AvgIpc) is 3.00. The van der Waals surface area contributed by atoms with E-state index in [9.17, 15) is 0 Å². The molecular weight excluding hydrogens is 344 g/mol. The van der Waals surface area contributed by atoms with Crippen molar-refractivity contribution in [2.45, 2.75) is 57.5 Å². The van der Waals surface area contributed by atoms with Crippen LogP contribution in [0.4, 0.5) is 0 Å². The molecule has 2 saturated heterocycles. The lowest BCUT2D eigenvalue weighted by atomic mass is 10.1. The number of fused-ring (bicyclic) bond motifs is 1. The van der Waals surface area contributed by atoms with Crippen molar-refractivity contribution in [3.8, 4) is 0 Å². The van der Waals surface area contributed by atoms with Crippen molar-refractivity contribution in [3.63, 3.8) is 0 Å². The molecule has 5 heteroatoms. The largest absolute Gasteiger partial charge is 0.365 e. The molecule has 2 heterocycles. The summed E-state index contributed by atoms with van der Waals surface area (Å²) in [7, 11) is 0. The molecule has 2 aromatic rings. The fourth-order valence-electron chi connectivity index (χ4n) is 3.55. The van der Waals surface area contributed by atoms with Crippen molar-refractivity contribution in [1.82, 2.24) is 0 Å². The van der Waals surface area contributed by atoms with Gasteiger partial charge in [-0.15, -0.1) is 0 Å². The van der Waals surface area contributed by atoms with E-state index in [1.165, 1.54) is 0 Å². The Kier molecular flexibility index (Phi) is 5.57. The van der Waals surface area contributed by atoms with Gasteiger partial charge < -0.3 is 23.7 Å². The van der Waals surface area contributed by atoms with E-state index in [4.69, 9.17) is 23.7 Å². The summed E-state index contributed by atoms with van der Waals surface area (Å²) in [5, 5.41) is 0. The maximum atomic E-state index is 6.22. The molecule has 0 aromatic heterocycles. The third kappa shape index (κ3) is 4.57. The summed E-state index contributed by atoms with van der Waals surface area (Å²) in [4.78, 5) is 0. The topological polar surface area (TPSA) is 46.2 Å². The van der Waals surface area contributed by atoms with Crippen molar-refractivity contribution in [2.24, 2.45) is 0 Å². The summed E-state index contributed by atoms with van der Waals surface area (Å²) in [6.07, 6.45) is -1.25. The van der Waals surface area contributed by atoms with E-state index in [1.807, 2.05) is 74.5 Å². The Balaban J connectivity index is 1.46. The first kappa shape index (κ1) is 18.6. The molecule has 144 valence electrons. The summed E-state index contributed by atoms with van der Waals surface area (Å²) < 4.78 is 30.3. The van der Waals surface area contributed by atoms with E-state index in [0.29, 0.717) is 19.8 Å². The SMILES string of the molecule is CC1(C)OC2COC(OCc3ccccc3)C(OCc3ccccc3)C2O1. The molecular formula is C22H26O5. The van der Waals surface area contributed by atoms with E-state index in [2.05, 4.69) is 0 Å². The molecule has 4 atom stereocenters. The lowest BCUT2D eigenvalue weighted by molar-refractivity contribution is -0.270. The fourth-order valence-corrected chi connectivity index (χ4v) is 3.55. The zero-order valence-corrected chi connectivity index (χ0v) is 15.7. The Labute approximate surface area is 160 Å². The molecule has 0 saturated carbocycles. The highest BCUT2D eigenvalue weighted by Gasteiger charge is 2.52. The summed E-state index contributed by atoms with van der Waals surface area (Å²) >= 11 is 0. The highest BCUT2D eigenvalue weighted by Crippen LogP contribution is 2.36. The maximum absolute atomic E-state index is 6.22. The number of hydrogen-bond acceptors (Lipinski definition) is 5. The second kappa shape index (κ2) is 8.09. The number of benzene rings is 2. The fraction of sp³-hybridized carbons (Fsp3) is 0.455. The first-order valence-corrected chi connectivity index (χ1v) is 9.39. The normalized spacial score (nSPS) is 29.4. The van der Waals surface area contributed by atoms with Gasteiger partial charge in [0.2, 0.25) is 0 Å². The van der Waals surface area contributed by atoms with Gasteiger partial charge in [-0.2, -0.15) is 0 Å². The van der Waals surface area contributed by atoms with Crippen LogP contribution in [-0.4, -0.2) is 37.0 Å². The molecule has 0 aliphatic carbocycles. The maximum Gasteiger partial charge on any atom is 0.186 e. The highest BCUT2D eigenvalue weighted by atomic mass is 16.8. The second-order valence-corrected chi connectivity index (χ2v) is 7.40. The molecule has 0 radical (unpaired) electrons. The van der Waals surface area contributed by atoms with Crippen LogP contribution in [0.5, 0.6) is 0 Å². The summed E-state index contributed by atoms with van der Waals surface area (Å²) in [5.74, 6) is -0.651. The van der Waals surface area contributed by atoms with E-state index in [-0.39, 0.29) is 18.3 Å². The molecule has 0 N–H and O–H groups in total. The third-order valence-electron chi connectivity index (χ3n) is 4.78. The van der Waals surface area contributed by atoms with Gasteiger partial charge in [-0.1, -0.05) is 60.7 Å². The minimum absolute atomic E-state index is 0.155. The van der Waals surface area contributed by atoms with Crippen LogP contribution in [0, 0.1) is 0 Å². The Bertz CT molecular complexity index is 718. The van der Waals surface area contributed by atoms with E-state index in [1.54, 1.807) is 0 Å². The Morgan fingerprint density at radius 1 is 0.852 bits per heavy atom. The van der Waals surface area contributed by atoms with Crippen LogP contribution >= 0.6 is 0 Å². The number of ether oxygens (including phenoxy) is 5. The average molecular weight is 370 g/mol. The smallest absolute Gasteiger partial charge is 0.186 e. The monoisotopic (exact) mass is 370 g/mol. The predicted octanol–water partition coefficient (Wildman–Crippen LogP) is 3.67. The zero-order valence-electron chi connectivity index (χ0n) is 15.7. The van der Waals surface area contributed by atoms with Crippen LogP contribution < -0.4 is 0 Å². The van der Waals surface area contributed by atoms with Gasteiger partial charge in [0.1, 0.15) is 18.3 Å². The Morgan fingerprint density at radius 3 is 2.07 bits per heavy atom. The first-order valence-electron chi connectivity index (χ1n) is 9.39. The Hall–Kier alpha value is -1.76. The van der Waals surface area contributed by atoms with Crippen molar-refractivity contribution in [2.75, 3.05) is 6.61 Å². The summed E-state index contributed by atoms with van der Waals surface area (Å²) in [6, 6.07) is 20.1. The van der Waals surface area contributed by atoms with Gasteiger partial charge >= 0.3 is 0 Å². The van der Waals surface area contributed by atoms with Crippen molar-refractivity contribution < 1.29 is 23.7 Å². The first-order chi connectivity index (χ1) is 13.1. The van der Waals surface area contributed by atoms with Crippen molar-refractivity contribution >= 4 is 0 Å². The molecule has 4 rings (SSSR count). The van der Waals surface area contributed by atoms with Gasteiger partial charge in [-0.25, -0.2) is 0 Å². The van der Waals surface area contributed by atoms with Crippen LogP contribution in [-0.2, 0) is 36.9 Å². The van der Waals surface area contributed by atoms with Crippen molar-refractivity contribution in [3.05, 3.63) is 71.8 Å². The van der Waals surface area contributed by atoms with Crippen LogP contribution in [0.3, 0.4) is 0 Å². The lowest BCUT2D eigenvalue weighted by Gasteiger charge is -2.37. The molecule has 4 unspecified atom stereocenters. The Morgan fingerprint density at radius 2 is 1.44 bits per heavy atom. The lowest BCUT2D eigenvalue weighted by Crippen LogP contribution is -2.53. The highest BCUT2D eigenvalue weighted by molar-refractivity contribution is 5.14. The molecule has 2 aliphatic heterocycles. The number of rotatable bonds is 6. The second-order valence-electron chi connectivity index (χ2n) is 7.40. The predicted molar refractivity (Wildman–Crippen MR) is 99.8 cm³/mol. The van der Waals surface area contributed by atoms with Gasteiger partial charge in [0.05, 0.1) is 19.8 Å². The van der Waals surface area contributed by atoms with Gasteiger partial charge in [0.15, 0.2) is 12.1 Å². The molecule has 2 aromatic carbocycles. The molecule has 27 heavy (non-hydrogen) atoms. The molecule has 0 amide bonds. The molecule has 0 bridgehead atoms.